The first kappa shape index (κ1) is 14.7. The predicted molar refractivity (Wildman–Crippen MR) is 80.1 cm³/mol. The van der Waals surface area contributed by atoms with E-state index in [4.69, 9.17) is 5.11 Å². The fraction of sp³-hybridized carbons (Fsp3) is 0.588. The van der Waals surface area contributed by atoms with Gasteiger partial charge in [0.1, 0.15) is 12.0 Å². The molecular weight excluding hydrogens is 266 g/mol. The molecule has 5 atom stereocenters. The Labute approximate surface area is 125 Å². The van der Waals surface area contributed by atoms with Crippen LogP contribution in [0.4, 0.5) is 0 Å². The number of aldehydes is 1. The van der Waals surface area contributed by atoms with Gasteiger partial charge in [-0.25, -0.2) is 0 Å². The Morgan fingerprint density at radius 3 is 2.76 bits per heavy atom. The molecule has 1 unspecified atom stereocenters. The molecule has 1 aromatic rings. The number of aliphatic hydroxyl groups excluding tert-OH is 1. The lowest BCUT2D eigenvalue weighted by atomic mass is 9.85. The third-order valence-electron chi connectivity index (χ3n) is 5.26. The lowest BCUT2D eigenvalue weighted by Crippen LogP contribution is -2.23. The van der Waals surface area contributed by atoms with Crippen LogP contribution in [-0.2, 0) is 0 Å². The Morgan fingerprint density at radius 1 is 1.43 bits per heavy atom. The van der Waals surface area contributed by atoms with Crippen molar-refractivity contribution in [3.8, 4) is 0 Å². The quantitative estimate of drug-likeness (QED) is 0.619. The number of fused-ring (bicyclic) bond motifs is 1. The number of benzene rings is 1. The molecule has 4 heteroatoms. The molecule has 21 heavy (non-hydrogen) atoms. The molecule has 0 saturated carbocycles. The van der Waals surface area contributed by atoms with Crippen LogP contribution in [0.15, 0.2) is 24.3 Å². The summed E-state index contributed by atoms with van der Waals surface area (Å²) >= 11 is 0. The van der Waals surface area contributed by atoms with Crippen LogP contribution in [0.3, 0.4) is 0 Å². The van der Waals surface area contributed by atoms with Crippen LogP contribution in [-0.4, -0.2) is 46.3 Å². The molecule has 0 amide bonds. The molecule has 2 N–H and O–H groups in total. The van der Waals surface area contributed by atoms with Crippen LogP contribution in [0, 0.1) is 5.92 Å². The maximum atomic E-state index is 10.7. The number of piperidine rings is 1. The van der Waals surface area contributed by atoms with Crippen molar-refractivity contribution in [2.45, 2.75) is 43.9 Å². The normalized spacial score (nSPS) is 35.3. The number of carbonyl (C=O) groups excluding carboxylic acids is 1. The number of rotatable bonds is 6. The minimum absolute atomic E-state index is 0.194. The van der Waals surface area contributed by atoms with Crippen molar-refractivity contribution in [3.63, 3.8) is 0 Å². The summed E-state index contributed by atoms with van der Waals surface area (Å²) in [5, 5.41) is 19.6. The Balaban J connectivity index is 1.71. The van der Waals surface area contributed by atoms with E-state index in [1.165, 1.54) is 5.56 Å². The second-order valence-corrected chi connectivity index (χ2v) is 6.45. The number of carbonyl (C=O) groups is 1. The van der Waals surface area contributed by atoms with Crippen molar-refractivity contribution in [1.29, 1.82) is 0 Å². The monoisotopic (exact) mass is 289 g/mol. The van der Waals surface area contributed by atoms with Gasteiger partial charge in [-0.15, -0.1) is 0 Å². The minimum Gasteiger partial charge on any atom is -0.396 e. The average Bonchev–Trinajstić information content (AvgIpc) is 3.12. The molecule has 2 heterocycles. The van der Waals surface area contributed by atoms with Crippen LogP contribution in [0.1, 0.15) is 48.0 Å². The third kappa shape index (κ3) is 2.52. The maximum Gasteiger partial charge on any atom is 0.150 e. The Bertz CT molecular complexity index is 515. The summed E-state index contributed by atoms with van der Waals surface area (Å²) in [4.78, 5) is 12.9. The number of aliphatic hydroxyl groups is 2. The highest BCUT2D eigenvalue weighted by Crippen LogP contribution is 2.53. The molecule has 4 nitrogen and oxygen atoms in total. The molecule has 0 aromatic heterocycles. The fourth-order valence-electron chi connectivity index (χ4n) is 3.85. The highest BCUT2D eigenvalue weighted by molar-refractivity contribution is 5.74. The van der Waals surface area contributed by atoms with Gasteiger partial charge in [-0.3, -0.25) is 9.69 Å². The van der Waals surface area contributed by atoms with Crippen LogP contribution >= 0.6 is 0 Å². The van der Waals surface area contributed by atoms with Crippen LogP contribution in [0.2, 0.25) is 0 Å². The summed E-state index contributed by atoms with van der Waals surface area (Å²) in [6, 6.07) is 8.08. The summed E-state index contributed by atoms with van der Waals surface area (Å²) < 4.78 is 0. The van der Waals surface area contributed by atoms with E-state index in [1.54, 1.807) is 0 Å². The van der Waals surface area contributed by atoms with Gasteiger partial charge in [0, 0.05) is 30.7 Å². The van der Waals surface area contributed by atoms with Gasteiger partial charge < -0.3 is 10.2 Å². The van der Waals surface area contributed by atoms with E-state index in [0.717, 1.165) is 32.1 Å². The Kier molecular flexibility index (Phi) is 3.86. The molecule has 1 aromatic carbocycles. The summed E-state index contributed by atoms with van der Waals surface area (Å²) in [5.41, 5.74) is 1.28. The number of hydrogen-bond acceptors (Lipinski definition) is 4. The molecule has 114 valence electrons. The summed E-state index contributed by atoms with van der Waals surface area (Å²) in [5.74, 6) is 0.602. The SMILES string of the molecule is C[C@H](c1ccc(C=O)cc1)[C@H]1C[C@@H](CCCO)[C@@]2(O)CN12. The van der Waals surface area contributed by atoms with Crippen molar-refractivity contribution in [2.24, 2.45) is 5.92 Å². The average molecular weight is 289 g/mol. The van der Waals surface area contributed by atoms with E-state index >= 15 is 0 Å². The van der Waals surface area contributed by atoms with Crippen molar-refractivity contribution < 1.29 is 15.0 Å². The van der Waals surface area contributed by atoms with Crippen molar-refractivity contribution in [1.82, 2.24) is 4.90 Å². The van der Waals surface area contributed by atoms with E-state index in [1.807, 2.05) is 24.3 Å². The van der Waals surface area contributed by atoms with E-state index in [0.29, 0.717) is 17.5 Å². The standard InChI is InChI=1S/C17H23NO3/c1-12(14-6-4-13(10-20)5-7-14)16-9-15(3-2-8-19)17(21)11-18(16)17/h4-7,10,12,15-16,19,21H,2-3,8-9,11H2,1H3/t12-,15-,16-,17+,18?/m1/s1. The van der Waals surface area contributed by atoms with Gasteiger partial charge in [0.25, 0.3) is 0 Å². The molecule has 0 radical (unpaired) electrons. The topological polar surface area (TPSA) is 60.5 Å². The summed E-state index contributed by atoms with van der Waals surface area (Å²) in [7, 11) is 0. The summed E-state index contributed by atoms with van der Waals surface area (Å²) in [6.45, 7) is 3.14. The highest BCUT2D eigenvalue weighted by atomic mass is 16.3. The van der Waals surface area contributed by atoms with E-state index in [-0.39, 0.29) is 12.5 Å². The van der Waals surface area contributed by atoms with Gasteiger partial charge in [0.05, 0.1) is 0 Å². The molecule has 3 rings (SSSR count). The largest absolute Gasteiger partial charge is 0.396 e. The van der Waals surface area contributed by atoms with Gasteiger partial charge >= 0.3 is 0 Å². The predicted octanol–water partition coefficient (Wildman–Crippen LogP) is 1.77. The third-order valence-corrected chi connectivity index (χ3v) is 5.26. The summed E-state index contributed by atoms with van der Waals surface area (Å²) in [6.07, 6.45) is 3.48. The molecule has 2 aliphatic rings. The second kappa shape index (κ2) is 5.52. The van der Waals surface area contributed by atoms with Gasteiger partial charge in [-0.2, -0.15) is 0 Å². The highest BCUT2D eigenvalue weighted by Gasteiger charge is 2.64. The van der Waals surface area contributed by atoms with Crippen molar-refractivity contribution >= 4 is 6.29 Å². The maximum absolute atomic E-state index is 10.7. The van der Waals surface area contributed by atoms with Gasteiger partial charge in [-0.05, 0) is 30.7 Å². The van der Waals surface area contributed by atoms with E-state index in [9.17, 15) is 9.90 Å². The lowest BCUT2D eigenvalue weighted by molar-refractivity contribution is 0.0556. The first-order valence-electron chi connectivity index (χ1n) is 7.75. The van der Waals surface area contributed by atoms with Crippen LogP contribution < -0.4 is 0 Å². The first-order chi connectivity index (χ1) is 10.1. The van der Waals surface area contributed by atoms with Gasteiger partial charge in [-0.1, -0.05) is 31.2 Å². The zero-order valence-electron chi connectivity index (χ0n) is 12.4. The molecule has 2 fully saturated rings. The Hall–Kier alpha value is -1.23. The lowest BCUT2D eigenvalue weighted by Gasteiger charge is -2.23. The fourth-order valence-corrected chi connectivity index (χ4v) is 3.85. The molecule has 0 bridgehead atoms. The number of nitrogens with zero attached hydrogens (tertiary/aromatic N) is 1. The molecule has 0 spiro atoms. The van der Waals surface area contributed by atoms with Crippen molar-refractivity contribution in [3.05, 3.63) is 35.4 Å². The molecule has 0 aliphatic carbocycles. The van der Waals surface area contributed by atoms with Crippen LogP contribution in [0.25, 0.3) is 0 Å². The molecule has 2 aliphatic heterocycles. The zero-order valence-corrected chi connectivity index (χ0v) is 12.4. The first-order valence-corrected chi connectivity index (χ1v) is 7.75. The minimum atomic E-state index is -0.628. The van der Waals surface area contributed by atoms with E-state index in [2.05, 4.69) is 11.8 Å². The second-order valence-electron chi connectivity index (χ2n) is 6.45. The van der Waals surface area contributed by atoms with Crippen LogP contribution in [0.5, 0.6) is 0 Å². The Morgan fingerprint density at radius 2 is 2.14 bits per heavy atom. The smallest absolute Gasteiger partial charge is 0.150 e. The van der Waals surface area contributed by atoms with E-state index < -0.39 is 5.72 Å². The zero-order chi connectivity index (χ0) is 15.0. The van der Waals surface area contributed by atoms with Gasteiger partial charge in [0.15, 0.2) is 0 Å². The number of hydrogen-bond donors (Lipinski definition) is 2. The molecule has 2 saturated heterocycles. The molecular formula is C17H23NO3. The van der Waals surface area contributed by atoms with Crippen molar-refractivity contribution in [2.75, 3.05) is 13.2 Å². The van der Waals surface area contributed by atoms with Gasteiger partial charge in [0.2, 0.25) is 0 Å².